The fourth-order valence-corrected chi connectivity index (χ4v) is 4.37. The van der Waals surface area contributed by atoms with Gasteiger partial charge in [-0.3, -0.25) is 9.59 Å². The number of carbonyl (C=O) groups is 2. The monoisotopic (exact) mass is 503 g/mol. The number of benzene rings is 3. The lowest BCUT2D eigenvalue weighted by Gasteiger charge is -2.16. The number of hydrogen-bond acceptors (Lipinski definition) is 5. The largest absolute Gasteiger partial charge is 0.461 e. The summed E-state index contributed by atoms with van der Waals surface area (Å²) < 4.78 is 10.7. The normalized spacial score (nSPS) is 11.0. The summed E-state index contributed by atoms with van der Waals surface area (Å²) in [6.07, 6.45) is -0.184. The maximum Gasteiger partial charge on any atom is 0.340 e. The molecule has 0 aliphatic rings. The van der Waals surface area contributed by atoms with Gasteiger partial charge in [-0.25, -0.2) is 4.79 Å². The Hall–Kier alpha value is -3.90. The molecule has 0 unspecified atom stereocenters. The van der Waals surface area contributed by atoms with Crippen molar-refractivity contribution in [2.45, 2.75) is 39.7 Å². The number of para-hydroxylation sites is 1. The Morgan fingerprint density at radius 1 is 1.03 bits per heavy atom. The van der Waals surface area contributed by atoms with Crippen molar-refractivity contribution in [3.05, 3.63) is 98.9 Å². The molecule has 1 aromatic heterocycles. The van der Waals surface area contributed by atoms with Crippen LogP contribution in [0.4, 0.5) is 5.69 Å². The van der Waals surface area contributed by atoms with Gasteiger partial charge in [0.2, 0.25) is 5.91 Å². The quantitative estimate of drug-likeness (QED) is 0.230. The first kappa shape index (κ1) is 25.2. The van der Waals surface area contributed by atoms with Gasteiger partial charge in [0.1, 0.15) is 12.2 Å². The summed E-state index contributed by atoms with van der Waals surface area (Å²) >= 11 is 6.37. The third kappa shape index (κ3) is 5.50. The summed E-state index contributed by atoms with van der Waals surface area (Å²) in [7, 11) is 0. The summed E-state index contributed by atoms with van der Waals surface area (Å²) in [4.78, 5) is 37.6. The molecule has 0 saturated heterocycles. The van der Waals surface area contributed by atoms with Gasteiger partial charge in [0.25, 0.3) is 0 Å². The molecule has 3 aromatic carbocycles. The second-order valence-corrected chi connectivity index (χ2v) is 9.20. The average molecular weight is 504 g/mol. The van der Waals surface area contributed by atoms with Crippen LogP contribution in [0.25, 0.3) is 22.1 Å². The molecule has 36 heavy (non-hydrogen) atoms. The van der Waals surface area contributed by atoms with Crippen LogP contribution in [-0.4, -0.2) is 11.9 Å². The van der Waals surface area contributed by atoms with E-state index in [-0.39, 0.29) is 36.0 Å². The SMILES string of the molecule is CC(=O)OCc1cc2c(-c3ccccc3)c(CC(=O)Nc3ccccc3C(C)C)c(=O)oc2cc1Cl. The summed E-state index contributed by atoms with van der Waals surface area (Å²) in [6.45, 7) is 5.39. The standard InChI is InChI=1S/C29H26ClNO5/c1-17(2)21-11-7-8-12-25(21)31-27(33)14-23-28(19-9-5-4-6-10-19)22-13-20(16-35-18(3)32)24(30)15-26(22)36-29(23)34/h4-13,15,17H,14,16H2,1-3H3,(H,31,33). The second kappa shape index (κ2) is 10.8. The summed E-state index contributed by atoms with van der Waals surface area (Å²) in [5, 5.41) is 3.85. The molecule has 1 amide bonds. The van der Waals surface area contributed by atoms with E-state index in [0.29, 0.717) is 27.2 Å². The first-order chi connectivity index (χ1) is 17.2. The van der Waals surface area contributed by atoms with Crippen molar-refractivity contribution in [2.75, 3.05) is 5.32 Å². The number of nitrogens with one attached hydrogen (secondary N) is 1. The summed E-state index contributed by atoms with van der Waals surface area (Å²) in [6, 6.07) is 20.2. The maximum atomic E-state index is 13.2. The Bertz CT molecular complexity index is 1490. The van der Waals surface area contributed by atoms with E-state index in [1.807, 2.05) is 54.6 Å². The van der Waals surface area contributed by atoms with Crippen LogP contribution in [0, 0.1) is 0 Å². The van der Waals surface area contributed by atoms with Gasteiger partial charge in [-0.2, -0.15) is 0 Å². The lowest BCUT2D eigenvalue weighted by Crippen LogP contribution is -2.21. The van der Waals surface area contributed by atoms with Crippen LogP contribution >= 0.6 is 11.6 Å². The highest BCUT2D eigenvalue weighted by atomic mass is 35.5. The van der Waals surface area contributed by atoms with Crippen LogP contribution in [0.1, 0.15) is 43.4 Å². The van der Waals surface area contributed by atoms with E-state index >= 15 is 0 Å². The highest BCUT2D eigenvalue weighted by molar-refractivity contribution is 6.32. The average Bonchev–Trinajstić information content (AvgIpc) is 2.84. The first-order valence-corrected chi connectivity index (χ1v) is 12.0. The van der Waals surface area contributed by atoms with Gasteiger partial charge in [-0.05, 0) is 29.2 Å². The Morgan fingerprint density at radius 3 is 2.42 bits per heavy atom. The third-order valence-corrected chi connectivity index (χ3v) is 6.21. The van der Waals surface area contributed by atoms with Crippen LogP contribution in [0.15, 0.2) is 75.9 Å². The molecule has 0 bridgehead atoms. The van der Waals surface area contributed by atoms with E-state index in [1.54, 1.807) is 6.07 Å². The van der Waals surface area contributed by atoms with Crippen LogP contribution in [0.2, 0.25) is 5.02 Å². The molecule has 0 saturated carbocycles. The lowest BCUT2D eigenvalue weighted by molar-refractivity contribution is -0.142. The van der Waals surface area contributed by atoms with Crippen LogP contribution < -0.4 is 10.9 Å². The molecule has 0 spiro atoms. The fraction of sp³-hybridized carbons (Fsp3) is 0.207. The number of esters is 1. The van der Waals surface area contributed by atoms with Gasteiger partial charge in [-0.1, -0.05) is 74.0 Å². The molecule has 0 fully saturated rings. The molecular weight excluding hydrogens is 478 g/mol. The van der Waals surface area contributed by atoms with Gasteiger partial charge in [0, 0.05) is 35.2 Å². The van der Waals surface area contributed by atoms with E-state index in [1.165, 1.54) is 13.0 Å². The number of anilines is 1. The van der Waals surface area contributed by atoms with Gasteiger partial charge < -0.3 is 14.5 Å². The van der Waals surface area contributed by atoms with Crippen molar-refractivity contribution < 1.29 is 18.7 Å². The molecule has 0 aliphatic heterocycles. The first-order valence-electron chi connectivity index (χ1n) is 11.6. The number of amides is 1. The molecule has 0 radical (unpaired) electrons. The van der Waals surface area contributed by atoms with Crippen molar-refractivity contribution in [3.63, 3.8) is 0 Å². The van der Waals surface area contributed by atoms with Gasteiger partial charge >= 0.3 is 11.6 Å². The van der Waals surface area contributed by atoms with E-state index in [4.69, 9.17) is 20.8 Å². The Kier molecular flexibility index (Phi) is 7.55. The Morgan fingerprint density at radius 2 is 1.72 bits per heavy atom. The van der Waals surface area contributed by atoms with Crippen molar-refractivity contribution >= 4 is 40.1 Å². The fourth-order valence-electron chi connectivity index (χ4n) is 4.16. The number of halogens is 1. The predicted molar refractivity (Wildman–Crippen MR) is 141 cm³/mol. The molecule has 1 heterocycles. The number of hydrogen-bond donors (Lipinski definition) is 1. The number of fused-ring (bicyclic) bond motifs is 1. The molecule has 7 heteroatoms. The third-order valence-electron chi connectivity index (χ3n) is 5.86. The number of ether oxygens (including phenoxy) is 1. The topological polar surface area (TPSA) is 85.6 Å². The van der Waals surface area contributed by atoms with E-state index in [0.717, 1.165) is 11.1 Å². The highest BCUT2D eigenvalue weighted by Gasteiger charge is 2.21. The van der Waals surface area contributed by atoms with Crippen LogP contribution in [0.3, 0.4) is 0 Å². The zero-order valence-electron chi connectivity index (χ0n) is 20.3. The zero-order chi connectivity index (χ0) is 25.8. The van der Waals surface area contributed by atoms with Gasteiger partial charge in [-0.15, -0.1) is 0 Å². The smallest absolute Gasteiger partial charge is 0.340 e. The van der Waals surface area contributed by atoms with E-state index in [2.05, 4.69) is 19.2 Å². The molecule has 6 nitrogen and oxygen atoms in total. The maximum absolute atomic E-state index is 13.2. The molecular formula is C29H26ClNO5. The van der Waals surface area contributed by atoms with Crippen molar-refractivity contribution in [3.8, 4) is 11.1 Å². The Balaban J connectivity index is 1.82. The van der Waals surface area contributed by atoms with Crippen LogP contribution in [0.5, 0.6) is 0 Å². The van der Waals surface area contributed by atoms with Gasteiger partial charge in [0.15, 0.2) is 0 Å². The highest BCUT2D eigenvalue weighted by Crippen LogP contribution is 2.34. The molecule has 4 aromatic rings. The Labute approximate surface area is 213 Å². The number of carbonyl (C=O) groups excluding carboxylic acids is 2. The van der Waals surface area contributed by atoms with E-state index < -0.39 is 11.6 Å². The summed E-state index contributed by atoms with van der Waals surface area (Å²) in [5.41, 5.74) is 3.50. The molecule has 184 valence electrons. The predicted octanol–water partition coefficient (Wildman–Crippen LogP) is 6.48. The minimum absolute atomic E-state index is 0.0285. The zero-order valence-corrected chi connectivity index (χ0v) is 21.0. The minimum Gasteiger partial charge on any atom is -0.461 e. The lowest BCUT2D eigenvalue weighted by atomic mass is 9.94. The number of rotatable bonds is 7. The minimum atomic E-state index is -0.613. The summed E-state index contributed by atoms with van der Waals surface area (Å²) in [5.74, 6) is -0.554. The second-order valence-electron chi connectivity index (χ2n) is 8.80. The molecule has 0 aliphatic carbocycles. The van der Waals surface area contributed by atoms with Gasteiger partial charge in [0.05, 0.1) is 17.0 Å². The van der Waals surface area contributed by atoms with Crippen LogP contribution in [-0.2, 0) is 27.4 Å². The van der Waals surface area contributed by atoms with Crippen molar-refractivity contribution in [1.82, 2.24) is 0 Å². The molecule has 0 atom stereocenters. The van der Waals surface area contributed by atoms with E-state index in [9.17, 15) is 14.4 Å². The van der Waals surface area contributed by atoms with Crippen molar-refractivity contribution in [2.24, 2.45) is 0 Å². The molecule has 4 rings (SSSR count). The molecule has 1 N–H and O–H groups in total. The van der Waals surface area contributed by atoms with Crippen molar-refractivity contribution in [1.29, 1.82) is 0 Å².